The first-order valence-corrected chi connectivity index (χ1v) is 9.05. The number of carbonyl (C=O) groups is 1. The highest BCUT2D eigenvalue weighted by molar-refractivity contribution is 5.78. The van der Waals surface area contributed by atoms with Gasteiger partial charge in [0.15, 0.2) is 0 Å². The van der Waals surface area contributed by atoms with Gasteiger partial charge in [-0.25, -0.2) is 15.0 Å². The van der Waals surface area contributed by atoms with E-state index in [0.29, 0.717) is 24.7 Å². The molecule has 0 radical (unpaired) electrons. The Morgan fingerprint density at radius 1 is 1.04 bits per heavy atom. The molecule has 3 aromatic heterocycles. The SMILES string of the molecule is O=C1CC(c2ccc(Oc3ncccn3)cc2)c2c(nc3ccccn23)CN1. The molecule has 7 heteroatoms. The number of nitrogens with zero attached hydrogens (tertiary/aromatic N) is 4. The van der Waals surface area contributed by atoms with E-state index in [-0.39, 0.29) is 11.8 Å². The summed E-state index contributed by atoms with van der Waals surface area (Å²) in [7, 11) is 0. The van der Waals surface area contributed by atoms with Gasteiger partial charge in [-0.05, 0) is 35.9 Å². The van der Waals surface area contributed by atoms with E-state index in [9.17, 15) is 4.79 Å². The molecular formula is C21H17N5O2. The van der Waals surface area contributed by atoms with Gasteiger partial charge in [0.05, 0.1) is 17.9 Å². The van der Waals surface area contributed by atoms with E-state index in [2.05, 4.69) is 19.7 Å². The van der Waals surface area contributed by atoms with Crippen LogP contribution in [0, 0.1) is 0 Å². The predicted octanol–water partition coefficient (Wildman–Crippen LogP) is 3.07. The largest absolute Gasteiger partial charge is 0.424 e. The number of rotatable bonds is 3. The second kappa shape index (κ2) is 6.77. The molecule has 0 bridgehead atoms. The lowest BCUT2D eigenvalue weighted by Gasteiger charge is -2.16. The number of ether oxygens (including phenoxy) is 1. The summed E-state index contributed by atoms with van der Waals surface area (Å²) in [5.41, 5.74) is 3.87. The van der Waals surface area contributed by atoms with Crippen LogP contribution in [-0.2, 0) is 11.3 Å². The molecule has 1 aliphatic rings. The second-order valence-corrected chi connectivity index (χ2v) is 6.61. The van der Waals surface area contributed by atoms with Gasteiger partial charge in [-0.1, -0.05) is 18.2 Å². The third kappa shape index (κ3) is 2.96. The van der Waals surface area contributed by atoms with Crippen LogP contribution in [0.5, 0.6) is 11.8 Å². The summed E-state index contributed by atoms with van der Waals surface area (Å²) in [6, 6.07) is 15.7. The molecule has 4 heterocycles. The smallest absolute Gasteiger partial charge is 0.321 e. The van der Waals surface area contributed by atoms with E-state index >= 15 is 0 Å². The van der Waals surface area contributed by atoms with Crippen molar-refractivity contribution in [2.24, 2.45) is 0 Å². The summed E-state index contributed by atoms with van der Waals surface area (Å²) in [5.74, 6) is 0.578. The van der Waals surface area contributed by atoms with Crippen LogP contribution in [-0.4, -0.2) is 25.3 Å². The Balaban J connectivity index is 1.52. The molecule has 28 heavy (non-hydrogen) atoms. The van der Waals surface area contributed by atoms with Crippen molar-refractivity contribution in [3.05, 3.63) is 84.1 Å². The normalized spacial score (nSPS) is 16.3. The van der Waals surface area contributed by atoms with Gasteiger partial charge in [0, 0.05) is 30.9 Å². The zero-order valence-corrected chi connectivity index (χ0v) is 14.9. The minimum absolute atomic E-state index is 0.0192. The summed E-state index contributed by atoms with van der Waals surface area (Å²) >= 11 is 0. The van der Waals surface area contributed by atoms with Gasteiger partial charge >= 0.3 is 6.01 Å². The molecule has 1 unspecified atom stereocenters. The fourth-order valence-corrected chi connectivity index (χ4v) is 3.59. The van der Waals surface area contributed by atoms with E-state index in [4.69, 9.17) is 9.72 Å². The van der Waals surface area contributed by atoms with Crippen molar-refractivity contribution in [1.29, 1.82) is 0 Å². The standard InChI is InChI=1S/C21H17N5O2/c27-19-12-16(20-17(13-24-19)25-18-4-1-2-11-26(18)20)14-5-7-15(8-6-14)28-21-22-9-3-10-23-21/h1-11,16H,12-13H2,(H,24,27). The van der Waals surface area contributed by atoms with Gasteiger partial charge in [-0.3, -0.25) is 4.79 Å². The maximum absolute atomic E-state index is 12.3. The lowest BCUT2D eigenvalue weighted by Crippen LogP contribution is -2.21. The molecule has 7 nitrogen and oxygen atoms in total. The first-order valence-electron chi connectivity index (χ1n) is 9.05. The zero-order valence-electron chi connectivity index (χ0n) is 14.9. The number of carbonyl (C=O) groups excluding carboxylic acids is 1. The van der Waals surface area contributed by atoms with E-state index in [1.165, 1.54) is 0 Å². The number of aromatic nitrogens is 4. The summed E-state index contributed by atoms with van der Waals surface area (Å²) in [6.07, 6.45) is 5.63. The average Bonchev–Trinajstić information content (AvgIpc) is 3.02. The predicted molar refractivity (Wildman–Crippen MR) is 102 cm³/mol. The summed E-state index contributed by atoms with van der Waals surface area (Å²) in [5, 5.41) is 2.95. The molecule has 138 valence electrons. The molecule has 4 aromatic rings. The molecule has 1 N–H and O–H groups in total. The minimum atomic E-state index is -0.0862. The molecule has 0 saturated heterocycles. The Labute approximate surface area is 161 Å². The number of fused-ring (bicyclic) bond motifs is 3. The number of hydrogen-bond acceptors (Lipinski definition) is 5. The molecule has 1 atom stereocenters. The van der Waals surface area contributed by atoms with Crippen molar-refractivity contribution in [2.45, 2.75) is 18.9 Å². The van der Waals surface area contributed by atoms with Crippen LogP contribution in [0.25, 0.3) is 5.65 Å². The van der Waals surface area contributed by atoms with Crippen molar-refractivity contribution >= 4 is 11.6 Å². The summed E-state index contributed by atoms with van der Waals surface area (Å²) in [4.78, 5) is 25.1. The second-order valence-electron chi connectivity index (χ2n) is 6.61. The highest BCUT2D eigenvalue weighted by Crippen LogP contribution is 2.34. The van der Waals surface area contributed by atoms with Gasteiger partial charge in [-0.15, -0.1) is 0 Å². The lowest BCUT2D eigenvalue weighted by atomic mass is 9.91. The molecule has 0 spiro atoms. The van der Waals surface area contributed by atoms with Gasteiger partial charge in [0.1, 0.15) is 11.4 Å². The Morgan fingerprint density at radius 3 is 2.68 bits per heavy atom. The van der Waals surface area contributed by atoms with Crippen molar-refractivity contribution < 1.29 is 9.53 Å². The van der Waals surface area contributed by atoms with Gasteiger partial charge < -0.3 is 14.5 Å². The van der Waals surface area contributed by atoms with Crippen LogP contribution < -0.4 is 10.1 Å². The van der Waals surface area contributed by atoms with Crippen LogP contribution in [0.3, 0.4) is 0 Å². The number of pyridine rings is 1. The minimum Gasteiger partial charge on any atom is -0.424 e. The van der Waals surface area contributed by atoms with E-state index in [1.807, 2.05) is 48.7 Å². The van der Waals surface area contributed by atoms with E-state index in [0.717, 1.165) is 22.6 Å². The number of amides is 1. The van der Waals surface area contributed by atoms with Gasteiger partial charge in [-0.2, -0.15) is 0 Å². The first kappa shape index (κ1) is 16.4. The van der Waals surface area contributed by atoms with Crippen molar-refractivity contribution in [1.82, 2.24) is 24.7 Å². The number of nitrogens with one attached hydrogen (secondary N) is 1. The van der Waals surface area contributed by atoms with Crippen LogP contribution in [0.4, 0.5) is 0 Å². The Morgan fingerprint density at radius 2 is 1.86 bits per heavy atom. The average molecular weight is 371 g/mol. The third-order valence-electron chi connectivity index (χ3n) is 4.85. The summed E-state index contributed by atoms with van der Waals surface area (Å²) < 4.78 is 7.74. The van der Waals surface area contributed by atoms with Crippen LogP contribution in [0.2, 0.25) is 0 Å². The van der Waals surface area contributed by atoms with Gasteiger partial charge in [0.25, 0.3) is 0 Å². The number of imidazole rings is 1. The molecule has 1 aromatic carbocycles. The Kier molecular flexibility index (Phi) is 3.97. The Hall–Kier alpha value is -3.74. The number of benzene rings is 1. The topological polar surface area (TPSA) is 81.4 Å². The fourth-order valence-electron chi connectivity index (χ4n) is 3.59. The molecular weight excluding hydrogens is 354 g/mol. The van der Waals surface area contributed by atoms with Crippen LogP contribution in [0.1, 0.15) is 29.3 Å². The van der Waals surface area contributed by atoms with E-state index in [1.54, 1.807) is 18.5 Å². The number of hydrogen-bond donors (Lipinski definition) is 1. The quantitative estimate of drug-likeness (QED) is 0.599. The summed E-state index contributed by atoms with van der Waals surface area (Å²) in [6.45, 7) is 0.443. The maximum atomic E-state index is 12.3. The third-order valence-corrected chi connectivity index (χ3v) is 4.85. The van der Waals surface area contributed by atoms with Crippen molar-refractivity contribution in [2.75, 3.05) is 0 Å². The van der Waals surface area contributed by atoms with Crippen molar-refractivity contribution in [3.63, 3.8) is 0 Å². The van der Waals surface area contributed by atoms with Crippen LogP contribution in [0.15, 0.2) is 67.1 Å². The molecule has 0 fully saturated rings. The van der Waals surface area contributed by atoms with E-state index < -0.39 is 0 Å². The molecule has 1 amide bonds. The molecule has 0 aliphatic carbocycles. The highest BCUT2D eigenvalue weighted by atomic mass is 16.5. The van der Waals surface area contributed by atoms with Gasteiger partial charge in [0.2, 0.25) is 5.91 Å². The molecule has 0 saturated carbocycles. The Bertz CT molecular complexity index is 1140. The first-order chi connectivity index (χ1) is 13.8. The maximum Gasteiger partial charge on any atom is 0.321 e. The highest BCUT2D eigenvalue weighted by Gasteiger charge is 2.28. The zero-order chi connectivity index (χ0) is 18.9. The molecule has 1 aliphatic heterocycles. The van der Waals surface area contributed by atoms with Crippen LogP contribution >= 0.6 is 0 Å². The lowest BCUT2D eigenvalue weighted by molar-refractivity contribution is -0.121. The molecule has 5 rings (SSSR count). The monoisotopic (exact) mass is 371 g/mol. The fraction of sp³-hybridized carbons (Fsp3) is 0.143. The van der Waals surface area contributed by atoms with Crippen molar-refractivity contribution in [3.8, 4) is 11.8 Å².